The van der Waals surface area contributed by atoms with Crippen molar-refractivity contribution in [3.05, 3.63) is 17.4 Å². The summed E-state index contributed by atoms with van der Waals surface area (Å²) in [5, 5.41) is 3.68. The van der Waals surface area contributed by atoms with Crippen molar-refractivity contribution in [1.29, 1.82) is 0 Å². The number of hydrogen-bond acceptors (Lipinski definition) is 4. The van der Waals surface area contributed by atoms with Gasteiger partial charge in [-0.05, 0) is 51.4 Å². The largest absolute Gasteiger partial charge is 0.395 e. The van der Waals surface area contributed by atoms with E-state index in [-0.39, 0.29) is 0 Å². The number of rotatable bonds is 6. The summed E-state index contributed by atoms with van der Waals surface area (Å²) in [7, 11) is 0. The summed E-state index contributed by atoms with van der Waals surface area (Å²) in [6.07, 6.45) is 6.78. The van der Waals surface area contributed by atoms with Crippen LogP contribution >= 0.6 is 11.6 Å². The Morgan fingerprint density at radius 3 is 2.89 bits per heavy atom. The van der Waals surface area contributed by atoms with Gasteiger partial charge in [-0.2, -0.15) is 0 Å². The van der Waals surface area contributed by atoms with Crippen LogP contribution in [0.1, 0.15) is 25.7 Å². The average molecular weight is 269 g/mol. The number of nitrogens with two attached hydrogens (primary N) is 1. The number of pyridine rings is 1. The van der Waals surface area contributed by atoms with Crippen LogP contribution in [0, 0.1) is 0 Å². The lowest BCUT2D eigenvalue weighted by Crippen LogP contribution is -2.20. The molecule has 1 aliphatic heterocycles. The van der Waals surface area contributed by atoms with Crippen molar-refractivity contribution in [2.75, 3.05) is 37.2 Å². The van der Waals surface area contributed by atoms with Crippen molar-refractivity contribution in [2.24, 2.45) is 0 Å². The van der Waals surface area contributed by atoms with Gasteiger partial charge in [-0.25, -0.2) is 4.98 Å². The van der Waals surface area contributed by atoms with Gasteiger partial charge in [0.05, 0.1) is 11.4 Å². The number of hydrogen-bond donors (Lipinski definition) is 2. The zero-order valence-electron chi connectivity index (χ0n) is 10.7. The van der Waals surface area contributed by atoms with Gasteiger partial charge < -0.3 is 16.0 Å². The molecule has 1 aliphatic rings. The van der Waals surface area contributed by atoms with Crippen LogP contribution < -0.4 is 11.1 Å². The molecule has 0 bridgehead atoms. The van der Waals surface area contributed by atoms with Crippen molar-refractivity contribution < 1.29 is 0 Å². The molecule has 0 spiro atoms. The number of nitrogens with zero attached hydrogens (tertiary/aromatic N) is 2. The van der Waals surface area contributed by atoms with Crippen molar-refractivity contribution in [1.82, 2.24) is 9.88 Å². The standard InChI is InChI=1S/C13H21ClN4/c14-13-12(15)11(5-7-17-13)16-6-1-2-8-18-9-3-4-10-18/h5,7H,1-4,6,8-10,15H2,(H,16,17). The van der Waals surface area contributed by atoms with Crippen LogP contribution in [-0.4, -0.2) is 36.1 Å². The number of unbranched alkanes of at least 4 members (excludes halogenated alkanes) is 1. The van der Waals surface area contributed by atoms with Crippen LogP contribution in [0.5, 0.6) is 0 Å². The van der Waals surface area contributed by atoms with Gasteiger partial charge in [-0.15, -0.1) is 0 Å². The first-order chi connectivity index (χ1) is 8.77. The van der Waals surface area contributed by atoms with E-state index in [1.807, 2.05) is 6.07 Å². The number of aromatic nitrogens is 1. The number of halogens is 1. The Bertz CT molecular complexity index is 377. The van der Waals surface area contributed by atoms with Crippen molar-refractivity contribution in [3.8, 4) is 0 Å². The molecule has 4 nitrogen and oxygen atoms in total. The van der Waals surface area contributed by atoms with Gasteiger partial charge >= 0.3 is 0 Å². The summed E-state index contributed by atoms with van der Waals surface area (Å²) in [5.41, 5.74) is 7.26. The quantitative estimate of drug-likeness (QED) is 0.615. The maximum absolute atomic E-state index is 5.86. The molecule has 0 unspecified atom stereocenters. The minimum absolute atomic E-state index is 0.372. The Hall–Kier alpha value is -1.00. The van der Waals surface area contributed by atoms with E-state index in [0.717, 1.165) is 18.7 Å². The van der Waals surface area contributed by atoms with Crippen molar-refractivity contribution in [3.63, 3.8) is 0 Å². The van der Waals surface area contributed by atoms with Gasteiger partial charge in [0.1, 0.15) is 0 Å². The van der Waals surface area contributed by atoms with Crippen molar-refractivity contribution in [2.45, 2.75) is 25.7 Å². The third-order valence-corrected chi connectivity index (χ3v) is 3.66. The molecule has 0 radical (unpaired) electrons. The summed E-state index contributed by atoms with van der Waals surface area (Å²) in [6, 6.07) is 1.86. The summed E-state index contributed by atoms with van der Waals surface area (Å²) >= 11 is 5.86. The lowest BCUT2D eigenvalue weighted by Gasteiger charge is -2.14. The first kappa shape index (κ1) is 13.4. The Balaban J connectivity index is 1.64. The topological polar surface area (TPSA) is 54.2 Å². The fourth-order valence-electron chi connectivity index (χ4n) is 2.29. The van der Waals surface area contributed by atoms with Gasteiger partial charge in [0.25, 0.3) is 0 Å². The molecule has 1 aromatic heterocycles. The molecule has 0 aliphatic carbocycles. The molecule has 0 aromatic carbocycles. The van der Waals surface area contributed by atoms with Gasteiger partial charge in [0, 0.05) is 12.7 Å². The third-order valence-electron chi connectivity index (χ3n) is 3.36. The van der Waals surface area contributed by atoms with E-state index in [2.05, 4.69) is 15.2 Å². The molecule has 1 aromatic rings. The first-order valence-electron chi connectivity index (χ1n) is 6.63. The van der Waals surface area contributed by atoms with Gasteiger partial charge in [0.2, 0.25) is 0 Å². The SMILES string of the molecule is Nc1c(NCCCCN2CCCC2)ccnc1Cl. The molecular weight excluding hydrogens is 248 g/mol. The van der Waals surface area contributed by atoms with Crippen LogP contribution in [0.25, 0.3) is 0 Å². The summed E-state index contributed by atoms with van der Waals surface area (Å²) < 4.78 is 0. The molecule has 1 fully saturated rings. The Morgan fingerprint density at radius 2 is 2.11 bits per heavy atom. The zero-order valence-corrected chi connectivity index (χ0v) is 11.4. The molecule has 0 amide bonds. The van der Waals surface area contributed by atoms with Crippen molar-refractivity contribution >= 4 is 23.0 Å². The molecule has 2 rings (SSSR count). The summed E-state index contributed by atoms with van der Waals surface area (Å²) in [5.74, 6) is 0. The molecule has 1 saturated heterocycles. The van der Waals surface area contributed by atoms with E-state index in [0.29, 0.717) is 10.8 Å². The lowest BCUT2D eigenvalue weighted by molar-refractivity contribution is 0.331. The normalized spacial score (nSPS) is 16.1. The molecule has 3 N–H and O–H groups in total. The highest BCUT2D eigenvalue weighted by molar-refractivity contribution is 6.32. The average Bonchev–Trinajstić information content (AvgIpc) is 2.87. The second kappa shape index (κ2) is 6.81. The molecule has 5 heteroatoms. The highest BCUT2D eigenvalue weighted by Gasteiger charge is 2.10. The van der Waals surface area contributed by atoms with Crippen LogP contribution in [-0.2, 0) is 0 Å². The van der Waals surface area contributed by atoms with E-state index in [1.54, 1.807) is 6.20 Å². The third kappa shape index (κ3) is 3.75. The fourth-order valence-corrected chi connectivity index (χ4v) is 2.45. The minimum Gasteiger partial charge on any atom is -0.395 e. The molecule has 0 saturated carbocycles. The van der Waals surface area contributed by atoms with Gasteiger partial charge in [0.15, 0.2) is 5.15 Å². The highest BCUT2D eigenvalue weighted by atomic mass is 35.5. The monoisotopic (exact) mass is 268 g/mol. The zero-order chi connectivity index (χ0) is 12.8. The maximum atomic E-state index is 5.86. The van der Waals surface area contributed by atoms with Crippen LogP contribution in [0.3, 0.4) is 0 Å². The number of anilines is 2. The summed E-state index contributed by atoms with van der Waals surface area (Å²) in [4.78, 5) is 6.47. The number of nitrogens with one attached hydrogen (secondary N) is 1. The Kier molecular flexibility index (Phi) is 5.08. The summed E-state index contributed by atoms with van der Waals surface area (Å²) in [6.45, 7) is 4.70. The fraction of sp³-hybridized carbons (Fsp3) is 0.615. The van der Waals surface area contributed by atoms with E-state index in [4.69, 9.17) is 17.3 Å². The number of nitrogen functional groups attached to an aromatic ring is 1. The van der Waals surface area contributed by atoms with Crippen LogP contribution in [0.2, 0.25) is 5.15 Å². The van der Waals surface area contributed by atoms with E-state index >= 15 is 0 Å². The van der Waals surface area contributed by atoms with E-state index in [1.165, 1.54) is 38.9 Å². The minimum atomic E-state index is 0.372. The smallest absolute Gasteiger partial charge is 0.153 e. The molecule has 0 atom stereocenters. The highest BCUT2D eigenvalue weighted by Crippen LogP contribution is 2.24. The molecular formula is C13H21ClN4. The van der Waals surface area contributed by atoms with E-state index < -0.39 is 0 Å². The van der Waals surface area contributed by atoms with Crippen LogP contribution in [0.15, 0.2) is 12.3 Å². The molecule has 100 valence electrons. The van der Waals surface area contributed by atoms with Crippen LogP contribution in [0.4, 0.5) is 11.4 Å². The number of likely N-dealkylation sites (tertiary alicyclic amines) is 1. The second-order valence-electron chi connectivity index (χ2n) is 4.75. The second-order valence-corrected chi connectivity index (χ2v) is 5.10. The Labute approximate surface area is 114 Å². The van der Waals surface area contributed by atoms with Gasteiger partial charge in [-0.3, -0.25) is 0 Å². The first-order valence-corrected chi connectivity index (χ1v) is 7.01. The molecule has 18 heavy (non-hydrogen) atoms. The molecule has 2 heterocycles. The van der Waals surface area contributed by atoms with E-state index in [9.17, 15) is 0 Å². The maximum Gasteiger partial charge on any atom is 0.153 e. The predicted octanol–water partition coefficient (Wildman–Crippen LogP) is 2.61. The predicted molar refractivity (Wildman–Crippen MR) is 77.1 cm³/mol. The lowest BCUT2D eigenvalue weighted by atomic mass is 10.2. The van der Waals surface area contributed by atoms with Gasteiger partial charge in [-0.1, -0.05) is 11.6 Å². The Morgan fingerprint density at radius 1 is 1.33 bits per heavy atom.